The number of likely N-dealkylation sites (tertiary alicyclic amines) is 1. The van der Waals surface area contributed by atoms with Crippen molar-refractivity contribution in [1.29, 1.82) is 0 Å². The summed E-state index contributed by atoms with van der Waals surface area (Å²) in [6.45, 7) is 3.77. The molecule has 2 aliphatic carbocycles. The van der Waals surface area contributed by atoms with Crippen LogP contribution in [0.15, 0.2) is 24.3 Å². The number of hydrogen-bond donors (Lipinski definition) is 0. The molecule has 0 radical (unpaired) electrons. The third kappa shape index (κ3) is 4.30. The number of halogens is 3. The maximum atomic E-state index is 12.3. The lowest BCUT2D eigenvalue weighted by Gasteiger charge is -2.23. The molecule has 3 fully saturated rings. The molecule has 2 nitrogen and oxygen atoms in total. The Morgan fingerprint density at radius 1 is 1.08 bits per heavy atom. The Hall–Kier alpha value is -1.23. The highest BCUT2D eigenvalue weighted by Crippen LogP contribution is 2.54. The van der Waals surface area contributed by atoms with E-state index < -0.39 is 6.36 Å². The van der Waals surface area contributed by atoms with Gasteiger partial charge in [0.15, 0.2) is 0 Å². The lowest BCUT2D eigenvalue weighted by atomic mass is 10.0. The molecule has 1 heterocycles. The molecule has 0 amide bonds. The molecule has 0 N–H and O–H groups in total. The second-order valence-electron chi connectivity index (χ2n) is 8.09. The summed E-state index contributed by atoms with van der Waals surface area (Å²) in [4.78, 5) is 2.65. The highest BCUT2D eigenvalue weighted by Gasteiger charge is 2.54. The van der Waals surface area contributed by atoms with Crippen molar-refractivity contribution in [2.75, 3.05) is 19.6 Å². The van der Waals surface area contributed by atoms with Crippen molar-refractivity contribution in [2.24, 2.45) is 23.7 Å². The van der Waals surface area contributed by atoms with E-state index >= 15 is 0 Å². The smallest absolute Gasteiger partial charge is 0.406 e. The minimum atomic E-state index is -4.62. The first-order valence-corrected chi connectivity index (χ1v) is 9.55. The molecule has 4 rings (SSSR count). The molecule has 5 heteroatoms. The van der Waals surface area contributed by atoms with Crippen LogP contribution in [0.5, 0.6) is 5.75 Å². The molecule has 3 aliphatic rings. The maximum Gasteiger partial charge on any atom is 0.573 e. The quantitative estimate of drug-likeness (QED) is 0.722. The molecule has 0 bridgehead atoms. The van der Waals surface area contributed by atoms with Gasteiger partial charge < -0.3 is 9.64 Å². The number of ether oxygens (including phenoxy) is 1. The molecule has 0 spiro atoms. The zero-order valence-electron chi connectivity index (χ0n) is 14.5. The SMILES string of the molecule is FC(F)(F)Oc1cccc(CCC2C3CN(CC4CCCC4)CC23)c1. The fraction of sp³-hybridized carbons (Fsp3) is 0.700. The number of alkyl halides is 3. The van der Waals surface area contributed by atoms with E-state index in [9.17, 15) is 13.2 Å². The second-order valence-corrected chi connectivity index (χ2v) is 8.09. The molecule has 1 aromatic rings. The largest absolute Gasteiger partial charge is 0.573 e. The monoisotopic (exact) mass is 353 g/mol. The second kappa shape index (κ2) is 6.82. The first-order chi connectivity index (χ1) is 12.0. The van der Waals surface area contributed by atoms with E-state index in [1.165, 1.54) is 57.5 Å². The zero-order chi connectivity index (χ0) is 17.4. The van der Waals surface area contributed by atoms with Crippen molar-refractivity contribution >= 4 is 0 Å². The van der Waals surface area contributed by atoms with Gasteiger partial charge in [-0.2, -0.15) is 0 Å². The van der Waals surface area contributed by atoms with Crippen molar-refractivity contribution in [3.8, 4) is 5.75 Å². The third-order valence-corrected chi connectivity index (χ3v) is 6.34. The lowest BCUT2D eigenvalue weighted by Crippen LogP contribution is -2.29. The highest BCUT2D eigenvalue weighted by molar-refractivity contribution is 5.29. The fourth-order valence-corrected chi connectivity index (χ4v) is 5.10. The number of fused-ring (bicyclic) bond motifs is 1. The molecule has 25 heavy (non-hydrogen) atoms. The number of piperidine rings is 1. The van der Waals surface area contributed by atoms with Gasteiger partial charge in [0.05, 0.1) is 0 Å². The number of rotatable bonds is 6. The zero-order valence-corrected chi connectivity index (χ0v) is 14.5. The average molecular weight is 353 g/mol. The standard InChI is InChI=1S/C20H26F3NO/c21-20(22,23)25-16-7-3-6-14(10-16)8-9-17-18-12-24(13-19(17)18)11-15-4-1-2-5-15/h3,6-7,10,15,17-19H,1-2,4-5,8-9,11-13H2. The summed E-state index contributed by atoms with van der Waals surface area (Å²) in [5.74, 6) is 3.25. The molecule has 1 saturated heterocycles. The van der Waals surface area contributed by atoms with Gasteiger partial charge in [-0.25, -0.2) is 0 Å². The van der Waals surface area contributed by atoms with Crippen LogP contribution in [0.3, 0.4) is 0 Å². The summed E-state index contributed by atoms with van der Waals surface area (Å²) in [5.41, 5.74) is 0.939. The van der Waals surface area contributed by atoms with E-state index in [0.29, 0.717) is 0 Å². The van der Waals surface area contributed by atoms with Crippen LogP contribution >= 0.6 is 0 Å². The van der Waals surface area contributed by atoms with Gasteiger partial charge >= 0.3 is 6.36 Å². The molecular weight excluding hydrogens is 327 g/mol. The summed E-state index contributed by atoms with van der Waals surface area (Å²) < 4.78 is 40.9. The number of aryl methyl sites for hydroxylation is 1. The number of benzene rings is 1. The molecule has 138 valence electrons. The predicted molar refractivity (Wildman–Crippen MR) is 90.3 cm³/mol. The van der Waals surface area contributed by atoms with Crippen LogP contribution in [0, 0.1) is 23.7 Å². The Labute approximate surface area is 147 Å². The van der Waals surface area contributed by atoms with Crippen molar-refractivity contribution in [3.05, 3.63) is 29.8 Å². The Kier molecular flexibility index (Phi) is 4.69. The Balaban J connectivity index is 1.21. The Morgan fingerprint density at radius 3 is 2.48 bits per heavy atom. The van der Waals surface area contributed by atoms with Crippen LogP contribution in [-0.4, -0.2) is 30.9 Å². The summed E-state index contributed by atoms with van der Waals surface area (Å²) in [6.07, 6.45) is 2.94. The molecule has 2 unspecified atom stereocenters. The first kappa shape index (κ1) is 17.2. The van der Waals surface area contributed by atoms with E-state index in [4.69, 9.17) is 0 Å². The average Bonchev–Trinajstić information content (AvgIpc) is 2.94. The van der Waals surface area contributed by atoms with E-state index in [1.807, 2.05) is 6.07 Å². The Morgan fingerprint density at radius 2 is 1.80 bits per heavy atom. The van der Waals surface area contributed by atoms with Crippen molar-refractivity contribution < 1.29 is 17.9 Å². The number of nitrogens with zero attached hydrogens (tertiary/aromatic N) is 1. The summed E-state index contributed by atoms with van der Waals surface area (Å²) in [5, 5.41) is 0. The summed E-state index contributed by atoms with van der Waals surface area (Å²) in [6, 6.07) is 6.43. The maximum absolute atomic E-state index is 12.3. The van der Waals surface area contributed by atoms with Crippen LogP contribution in [0.25, 0.3) is 0 Å². The van der Waals surface area contributed by atoms with E-state index in [0.717, 1.165) is 42.1 Å². The van der Waals surface area contributed by atoms with E-state index in [2.05, 4.69) is 9.64 Å². The van der Waals surface area contributed by atoms with Gasteiger partial charge in [-0.15, -0.1) is 13.2 Å². The molecule has 0 aromatic heterocycles. The van der Waals surface area contributed by atoms with Crippen LogP contribution < -0.4 is 4.74 Å². The van der Waals surface area contributed by atoms with Crippen LogP contribution in [-0.2, 0) is 6.42 Å². The lowest BCUT2D eigenvalue weighted by molar-refractivity contribution is -0.274. The first-order valence-electron chi connectivity index (χ1n) is 9.55. The molecule has 2 atom stereocenters. The number of hydrogen-bond acceptors (Lipinski definition) is 2. The van der Waals surface area contributed by atoms with Gasteiger partial charge in [0, 0.05) is 19.6 Å². The van der Waals surface area contributed by atoms with Gasteiger partial charge in [-0.3, -0.25) is 0 Å². The summed E-state index contributed by atoms with van der Waals surface area (Å²) in [7, 11) is 0. The molecule has 1 aromatic carbocycles. The highest BCUT2D eigenvalue weighted by atomic mass is 19.4. The third-order valence-electron chi connectivity index (χ3n) is 6.34. The van der Waals surface area contributed by atoms with Crippen molar-refractivity contribution in [1.82, 2.24) is 4.90 Å². The van der Waals surface area contributed by atoms with Crippen LogP contribution in [0.1, 0.15) is 37.7 Å². The van der Waals surface area contributed by atoms with E-state index in [1.54, 1.807) is 6.07 Å². The van der Waals surface area contributed by atoms with Gasteiger partial charge in [-0.05, 0) is 67.1 Å². The topological polar surface area (TPSA) is 12.5 Å². The molecular formula is C20H26F3NO. The Bertz CT molecular complexity index is 585. The van der Waals surface area contributed by atoms with Gasteiger partial charge in [0.1, 0.15) is 5.75 Å². The minimum absolute atomic E-state index is 0.108. The minimum Gasteiger partial charge on any atom is -0.406 e. The van der Waals surface area contributed by atoms with Crippen LogP contribution in [0.4, 0.5) is 13.2 Å². The van der Waals surface area contributed by atoms with Gasteiger partial charge in [-0.1, -0.05) is 25.0 Å². The fourth-order valence-electron chi connectivity index (χ4n) is 5.10. The van der Waals surface area contributed by atoms with Crippen LogP contribution in [0.2, 0.25) is 0 Å². The summed E-state index contributed by atoms with van der Waals surface area (Å²) >= 11 is 0. The molecule has 2 saturated carbocycles. The normalized spacial score (nSPS) is 29.8. The molecule has 1 aliphatic heterocycles. The van der Waals surface area contributed by atoms with Gasteiger partial charge in [0.2, 0.25) is 0 Å². The van der Waals surface area contributed by atoms with Crippen molar-refractivity contribution in [3.63, 3.8) is 0 Å². The van der Waals surface area contributed by atoms with Gasteiger partial charge in [0.25, 0.3) is 0 Å². The predicted octanol–water partition coefficient (Wildman–Crippen LogP) is 4.89. The van der Waals surface area contributed by atoms with E-state index in [-0.39, 0.29) is 5.75 Å². The van der Waals surface area contributed by atoms with Crippen molar-refractivity contribution in [2.45, 2.75) is 44.9 Å².